The van der Waals surface area contributed by atoms with Crippen LogP contribution in [0.2, 0.25) is 0 Å². The molecular formula is C30H30O5S. The molecule has 2 aliphatic heterocycles. The number of aryl methyl sites for hydroxylation is 2. The highest BCUT2D eigenvalue weighted by Crippen LogP contribution is 2.43. The molecule has 0 N–H and O–H groups in total. The van der Waals surface area contributed by atoms with Gasteiger partial charge in [0.1, 0.15) is 28.6 Å². The van der Waals surface area contributed by atoms with Crippen molar-refractivity contribution in [3.8, 4) is 17.2 Å². The largest absolute Gasteiger partial charge is 0.487 e. The zero-order valence-corrected chi connectivity index (χ0v) is 21.8. The maximum absolute atomic E-state index is 13.1. The molecule has 0 bridgehead atoms. The Morgan fingerprint density at radius 1 is 1.03 bits per heavy atom. The van der Waals surface area contributed by atoms with Gasteiger partial charge in [0.05, 0.1) is 5.56 Å². The zero-order valence-electron chi connectivity index (χ0n) is 21.0. The van der Waals surface area contributed by atoms with Crippen LogP contribution in [0.4, 0.5) is 0 Å². The van der Waals surface area contributed by atoms with Gasteiger partial charge in [-0.3, -0.25) is 0 Å². The normalized spacial score (nSPS) is 15.7. The van der Waals surface area contributed by atoms with Crippen LogP contribution >= 0.6 is 0 Å². The third-order valence-electron chi connectivity index (χ3n) is 6.35. The molecule has 0 fully saturated rings. The number of ether oxygens (including phenoxy) is 2. The molecule has 0 saturated carbocycles. The fourth-order valence-corrected chi connectivity index (χ4v) is 5.41. The standard InChI is InChI=1S/C30H30O5S/c1-5-6-21-9-13-25(28(17-21)35-36(31,32)24-11-7-20(2)8-12-24)23-18-22-10-14-27-26(29(22)33-19-23)15-16-30(3,4)34-27/h7-18H,5-6,19H2,1-4H3. The van der Waals surface area contributed by atoms with E-state index in [2.05, 4.69) is 6.92 Å². The van der Waals surface area contributed by atoms with E-state index >= 15 is 0 Å². The predicted molar refractivity (Wildman–Crippen MR) is 143 cm³/mol. The van der Waals surface area contributed by atoms with E-state index in [0.29, 0.717) is 11.3 Å². The van der Waals surface area contributed by atoms with Crippen LogP contribution in [0.3, 0.4) is 0 Å². The van der Waals surface area contributed by atoms with Crippen LogP contribution < -0.4 is 13.7 Å². The van der Waals surface area contributed by atoms with Gasteiger partial charge in [0.15, 0.2) is 5.75 Å². The molecule has 0 atom stereocenters. The lowest BCUT2D eigenvalue weighted by molar-refractivity contribution is 0.158. The molecule has 0 aliphatic carbocycles. The van der Waals surface area contributed by atoms with Crippen LogP contribution in [-0.4, -0.2) is 20.6 Å². The highest BCUT2D eigenvalue weighted by atomic mass is 32.2. The van der Waals surface area contributed by atoms with Crippen molar-refractivity contribution in [2.45, 2.75) is 51.0 Å². The summed E-state index contributed by atoms with van der Waals surface area (Å²) in [5.74, 6) is 1.86. The van der Waals surface area contributed by atoms with Crippen molar-refractivity contribution in [1.82, 2.24) is 0 Å². The average molecular weight is 503 g/mol. The summed E-state index contributed by atoms with van der Waals surface area (Å²) < 4.78 is 44.3. The summed E-state index contributed by atoms with van der Waals surface area (Å²) in [7, 11) is -4.00. The first-order valence-corrected chi connectivity index (χ1v) is 13.6. The predicted octanol–water partition coefficient (Wildman–Crippen LogP) is 6.83. The number of fused-ring (bicyclic) bond motifs is 3. The monoisotopic (exact) mass is 502 g/mol. The van der Waals surface area contributed by atoms with Crippen molar-refractivity contribution >= 4 is 27.8 Å². The number of hydrogen-bond donors (Lipinski definition) is 0. The Kier molecular flexibility index (Phi) is 6.17. The van der Waals surface area contributed by atoms with Gasteiger partial charge in [0.2, 0.25) is 0 Å². The summed E-state index contributed by atoms with van der Waals surface area (Å²) in [5.41, 5.74) is 5.00. The van der Waals surface area contributed by atoms with Crippen LogP contribution in [0.25, 0.3) is 17.7 Å². The molecule has 2 heterocycles. The molecule has 3 aromatic rings. The minimum absolute atomic E-state index is 0.125. The lowest BCUT2D eigenvalue weighted by Gasteiger charge is -2.30. The summed E-state index contributed by atoms with van der Waals surface area (Å²) in [4.78, 5) is 0.125. The van der Waals surface area contributed by atoms with Gasteiger partial charge in [-0.05, 0) is 81.3 Å². The fourth-order valence-electron chi connectivity index (χ4n) is 4.47. The summed E-state index contributed by atoms with van der Waals surface area (Å²) in [6.07, 6.45) is 7.87. The molecule has 36 heavy (non-hydrogen) atoms. The van der Waals surface area contributed by atoms with E-state index < -0.39 is 10.1 Å². The molecule has 0 unspecified atom stereocenters. The maximum Gasteiger partial charge on any atom is 0.339 e. The van der Waals surface area contributed by atoms with Crippen LogP contribution in [-0.2, 0) is 16.5 Å². The van der Waals surface area contributed by atoms with E-state index in [4.69, 9.17) is 13.7 Å². The summed E-state index contributed by atoms with van der Waals surface area (Å²) >= 11 is 0. The Hall–Kier alpha value is -3.51. The quantitative estimate of drug-likeness (QED) is 0.346. The van der Waals surface area contributed by atoms with Gasteiger partial charge in [-0.15, -0.1) is 0 Å². The van der Waals surface area contributed by atoms with Crippen molar-refractivity contribution in [2.75, 3.05) is 6.61 Å². The highest BCUT2D eigenvalue weighted by molar-refractivity contribution is 7.87. The van der Waals surface area contributed by atoms with Crippen LogP contribution in [0.15, 0.2) is 65.6 Å². The van der Waals surface area contributed by atoms with Crippen molar-refractivity contribution in [3.05, 3.63) is 88.5 Å². The Labute approximate surface area is 213 Å². The second-order valence-corrected chi connectivity index (χ2v) is 11.4. The van der Waals surface area contributed by atoms with Crippen molar-refractivity contribution in [1.29, 1.82) is 0 Å². The summed E-state index contributed by atoms with van der Waals surface area (Å²) in [6.45, 7) is 8.32. The van der Waals surface area contributed by atoms with E-state index in [1.807, 2.05) is 69.3 Å². The maximum atomic E-state index is 13.1. The fraction of sp³-hybridized carbons (Fsp3) is 0.267. The Morgan fingerprint density at radius 2 is 1.81 bits per heavy atom. The van der Waals surface area contributed by atoms with Crippen molar-refractivity contribution in [2.24, 2.45) is 0 Å². The minimum atomic E-state index is -4.00. The van der Waals surface area contributed by atoms with Crippen LogP contribution in [0, 0.1) is 6.92 Å². The second kappa shape index (κ2) is 9.17. The zero-order chi connectivity index (χ0) is 25.5. The van der Waals surface area contributed by atoms with Crippen LogP contribution in [0.5, 0.6) is 17.2 Å². The molecule has 0 saturated heterocycles. The molecule has 3 aromatic carbocycles. The lowest BCUT2D eigenvalue weighted by atomic mass is 9.95. The summed E-state index contributed by atoms with van der Waals surface area (Å²) in [5, 5.41) is 0. The lowest BCUT2D eigenvalue weighted by Crippen LogP contribution is -2.27. The van der Waals surface area contributed by atoms with E-state index in [9.17, 15) is 8.42 Å². The molecule has 0 radical (unpaired) electrons. The van der Waals surface area contributed by atoms with Crippen molar-refractivity contribution < 1.29 is 22.1 Å². The van der Waals surface area contributed by atoms with Gasteiger partial charge in [0.25, 0.3) is 0 Å². The highest BCUT2D eigenvalue weighted by Gasteiger charge is 2.27. The topological polar surface area (TPSA) is 61.8 Å². The van der Waals surface area contributed by atoms with Gasteiger partial charge in [-0.1, -0.05) is 43.2 Å². The van der Waals surface area contributed by atoms with Crippen molar-refractivity contribution in [3.63, 3.8) is 0 Å². The Morgan fingerprint density at radius 3 is 2.56 bits per heavy atom. The molecule has 5 rings (SSSR count). The number of rotatable bonds is 6. The molecule has 186 valence electrons. The number of benzene rings is 3. The first kappa shape index (κ1) is 24.2. The molecule has 0 spiro atoms. The smallest absolute Gasteiger partial charge is 0.339 e. The first-order valence-electron chi connectivity index (χ1n) is 12.2. The third kappa shape index (κ3) is 4.78. The second-order valence-electron chi connectivity index (χ2n) is 9.82. The van der Waals surface area contributed by atoms with Gasteiger partial charge in [-0.2, -0.15) is 8.42 Å². The minimum Gasteiger partial charge on any atom is -0.487 e. The number of hydrogen-bond acceptors (Lipinski definition) is 5. The molecule has 6 heteroatoms. The SMILES string of the molecule is CCCc1ccc(C2=Cc3ccc4c(c3OC2)C=CC(C)(C)O4)c(OS(=O)(=O)c2ccc(C)cc2)c1. The summed E-state index contributed by atoms with van der Waals surface area (Å²) in [6, 6.07) is 16.4. The van der Waals surface area contributed by atoms with Gasteiger partial charge in [-0.25, -0.2) is 0 Å². The Balaban J connectivity index is 1.54. The molecule has 2 aliphatic rings. The molecule has 0 aromatic heterocycles. The van der Waals surface area contributed by atoms with E-state index in [1.54, 1.807) is 24.3 Å². The molecule has 5 nitrogen and oxygen atoms in total. The molecular weight excluding hydrogens is 472 g/mol. The molecule has 0 amide bonds. The van der Waals surface area contributed by atoms with E-state index in [-0.39, 0.29) is 17.1 Å². The van der Waals surface area contributed by atoms with E-state index in [0.717, 1.165) is 52.2 Å². The average Bonchev–Trinajstić information content (AvgIpc) is 2.83. The van der Waals surface area contributed by atoms with Gasteiger partial charge in [0, 0.05) is 16.7 Å². The third-order valence-corrected chi connectivity index (χ3v) is 7.60. The van der Waals surface area contributed by atoms with E-state index in [1.165, 1.54) is 0 Å². The van der Waals surface area contributed by atoms with Gasteiger partial charge < -0.3 is 13.7 Å². The first-order chi connectivity index (χ1) is 17.1. The Bertz CT molecular complexity index is 1480. The van der Waals surface area contributed by atoms with Gasteiger partial charge >= 0.3 is 10.1 Å². The van der Waals surface area contributed by atoms with Crippen LogP contribution in [0.1, 0.15) is 55.0 Å².